The number of amides is 1. The first-order valence-electron chi connectivity index (χ1n) is 8.14. The number of pyridine rings is 1. The van der Waals surface area contributed by atoms with Gasteiger partial charge in [-0.1, -0.05) is 11.6 Å². The number of fused-ring (bicyclic) bond motifs is 1. The number of carbonyl (C=O) groups excluding carboxylic acids is 1. The Hall–Kier alpha value is -2.91. The maximum absolute atomic E-state index is 12.9. The number of nitrogens with two attached hydrogens (primary N) is 1. The highest BCUT2D eigenvalue weighted by atomic mass is 35.5. The molecular formula is C16H17ClN8O. The number of piperazine rings is 1. The molecular weight excluding hydrogens is 356 g/mol. The van der Waals surface area contributed by atoms with Crippen LogP contribution in [-0.2, 0) is 0 Å². The van der Waals surface area contributed by atoms with Crippen molar-refractivity contribution in [3.63, 3.8) is 0 Å². The molecule has 0 radical (unpaired) electrons. The zero-order valence-electron chi connectivity index (χ0n) is 13.8. The van der Waals surface area contributed by atoms with Crippen molar-refractivity contribution in [3.8, 4) is 0 Å². The van der Waals surface area contributed by atoms with Crippen LogP contribution in [0.5, 0.6) is 0 Å². The van der Waals surface area contributed by atoms with E-state index in [1.165, 1.54) is 10.7 Å². The van der Waals surface area contributed by atoms with Gasteiger partial charge in [0.1, 0.15) is 5.56 Å². The molecule has 4 heterocycles. The first-order valence-corrected chi connectivity index (χ1v) is 8.51. The number of aromatic nitrogens is 4. The van der Waals surface area contributed by atoms with E-state index in [1.807, 2.05) is 6.07 Å². The third-order valence-corrected chi connectivity index (χ3v) is 4.39. The Labute approximate surface area is 154 Å². The largest absolute Gasteiger partial charge is 0.381 e. The molecule has 3 aromatic rings. The SMILES string of the molecule is Nc1nn2cc(Cl)cnc2c1C(=O)Nc1cnccc1N1CCNCC1. The summed E-state index contributed by atoms with van der Waals surface area (Å²) in [5.41, 5.74) is 8.01. The highest BCUT2D eigenvalue weighted by Crippen LogP contribution is 2.27. The summed E-state index contributed by atoms with van der Waals surface area (Å²) in [5.74, 6) is -0.304. The second kappa shape index (κ2) is 6.77. The number of nitrogen functional groups attached to an aromatic ring is 1. The van der Waals surface area contributed by atoms with Crippen LogP contribution in [0.2, 0.25) is 5.02 Å². The van der Waals surface area contributed by atoms with Gasteiger partial charge in [0.05, 0.1) is 28.8 Å². The van der Waals surface area contributed by atoms with Gasteiger partial charge in [-0.25, -0.2) is 9.50 Å². The van der Waals surface area contributed by atoms with Crippen molar-refractivity contribution in [2.45, 2.75) is 0 Å². The fourth-order valence-corrected chi connectivity index (χ4v) is 3.14. The molecule has 0 aromatic carbocycles. The topological polar surface area (TPSA) is 113 Å². The normalized spacial score (nSPS) is 14.6. The van der Waals surface area contributed by atoms with Gasteiger partial charge >= 0.3 is 0 Å². The van der Waals surface area contributed by atoms with Crippen LogP contribution >= 0.6 is 11.6 Å². The van der Waals surface area contributed by atoms with Crippen molar-refractivity contribution in [1.29, 1.82) is 0 Å². The van der Waals surface area contributed by atoms with Gasteiger partial charge in [-0.05, 0) is 6.07 Å². The summed E-state index contributed by atoms with van der Waals surface area (Å²) in [6.07, 6.45) is 6.33. The highest BCUT2D eigenvalue weighted by Gasteiger charge is 2.22. The van der Waals surface area contributed by atoms with Crippen LogP contribution in [0.1, 0.15) is 10.4 Å². The molecule has 1 aliphatic rings. The molecule has 1 saturated heterocycles. The molecule has 1 aliphatic heterocycles. The summed E-state index contributed by atoms with van der Waals surface area (Å²) >= 11 is 5.91. The Morgan fingerprint density at radius 1 is 1.31 bits per heavy atom. The molecule has 0 aliphatic carbocycles. The van der Waals surface area contributed by atoms with Crippen LogP contribution in [0.15, 0.2) is 30.9 Å². The van der Waals surface area contributed by atoms with E-state index in [-0.39, 0.29) is 11.4 Å². The summed E-state index contributed by atoms with van der Waals surface area (Å²) in [7, 11) is 0. The Morgan fingerprint density at radius 3 is 2.92 bits per heavy atom. The number of nitrogens with one attached hydrogen (secondary N) is 2. The number of carbonyl (C=O) groups is 1. The van der Waals surface area contributed by atoms with Crippen LogP contribution in [0.3, 0.4) is 0 Å². The van der Waals surface area contributed by atoms with E-state index >= 15 is 0 Å². The predicted octanol–water partition coefficient (Wildman–Crippen LogP) is 1.02. The van der Waals surface area contributed by atoms with E-state index in [0.29, 0.717) is 16.4 Å². The Kier molecular flexibility index (Phi) is 4.31. The number of hydrogen-bond acceptors (Lipinski definition) is 7. The molecule has 134 valence electrons. The molecule has 0 saturated carbocycles. The lowest BCUT2D eigenvalue weighted by Crippen LogP contribution is -2.43. The van der Waals surface area contributed by atoms with E-state index < -0.39 is 5.91 Å². The Bertz CT molecular complexity index is 966. The zero-order chi connectivity index (χ0) is 18.1. The van der Waals surface area contributed by atoms with Gasteiger partial charge in [0.25, 0.3) is 5.91 Å². The molecule has 9 nitrogen and oxygen atoms in total. The average Bonchev–Trinajstić information content (AvgIpc) is 2.97. The lowest BCUT2D eigenvalue weighted by molar-refractivity contribution is 0.102. The summed E-state index contributed by atoms with van der Waals surface area (Å²) in [6.45, 7) is 3.49. The predicted molar refractivity (Wildman–Crippen MR) is 99.7 cm³/mol. The van der Waals surface area contributed by atoms with Gasteiger partial charge < -0.3 is 21.3 Å². The molecule has 10 heteroatoms. The molecule has 0 spiro atoms. The van der Waals surface area contributed by atoms with Gasteiger partial charge in [-0.2, -0.15) is 0 Å². The number of hydrogen-bond donors (Lipinski definition) is 3. The van der Waals surface area contributed by atoms with Crippen molar-refractivity contribution in [3.05, 3.63) is 41.4 Å². The van der Waals surface area contributed by atoms with Crippen LogP contribution in [-0.4, -0.2) is 51.7 Å². The van der Waals surface area contributed by atoms with Crippen LogP contribution in [0, 0.1) is 0 Å². The number of halogens is 1. The fraction of sp³-hybridized carbons (Fsp3) is 0.250. The zero-order valence-corrected chi connectivity index (χ0v) is 14.6. The maximum Gasteiger partial charge on any atom is 0.263 e. The summed E-state index contributed by atoms with van der Waals surface area (Å²) in [4.78, 5) is 23.4. The minimum absolute atomic E-state index is 0.0879. The van der Waals surface area contributed by atoms with Crippen LogP contribution in [0.4, 0.5) is 17.2 Å². The number of rotatable bonds is 3. The fourth-order valence-electron chi connectivity index (χ4n) is 3.00. The second-order valence-electron chi connectivity index (χ2n) is 5.88. The van der Waals surface area contributed by atoms with Crippen LogP contribution in [0.25, 0.3) is 5.65 Å². The first kappa shape index (κ1) is 16.6. The number of nitrogens with zero attached hydrogens (tertiary/aromatic N) is 5. The first-order chi connectivity index (χ1) is 12.6. The molecule has 1 fully saturated rings. The third kappa shape index (κ3) is 3.02. The molecule has 0 bridgehead atoms. The Morgan fingerprint density at radius 2 is 2.12 bits per heavy atom. The van der Waals surface area contributed by atoms with Gasteiger partial charge in [-0.3, -0.25) is 9.78 Å². The molecule has 4 N–H and O–H groups in total. The van der Waals surface area contributed by atoms with Crippen molar-refractivity contribution in [2.24, 2.45) is 0 Å². The van der Waals surface area contributed by atoms with Crippen LogP contribution < -0.4 is 21.3 Å². The van der Waals surface area contributed by atoms with Gasteiger partial charge in [0, 0.05) is 38.6 Å². The third-order valence-electron chi connectivity index (χ3n) is 4.20. The number of anilines is 3. The Balaban J connectivity index is 1.66. The molecule has 26 heavy (non-hydrogen) atoms. The summed E-state index contributed by atoms with van der Waals surface area (Å²) in [5, 5.41) is 10.7. The molecule has 0 atom stereocenters. The lowest BCUT2D eigenvalue weighted by Gasteiger charge is -2.30. The van der Waals surface area contributed by atoms with Gasteiger partial charge in [-0.15, -0.1) is 5.10 Å². The van der Waals surface area contributed by atoms with E-state index in [9.17, 15) is 4.79 Å². The molecule has 0 unspecified atom stereocenters. The van der Waals surface area contributed by atoms with Crippen molar-refractivity contribution >= 4 is 40.3 Å². The standard InChI is InChI=1S/C16H17ClN8O/c17-10-7-21-15-13(14(18)23-25(15)9-10)16(26)22-11-8-20-2-1-12(11)24-5-3-19-4-6-24/h1-2,7-9,19H,3-6H2,(H2,18,23)(H,22,26). The van der Waals surface area contributed by atoms with Crippen molar-refractivity contribution < 1.29 is 4.79 Å². The molecule has 3 aromatic heterocycles. The van der Waals surface area contributed by atoms with Gasteiger partial charge in [0.15, 0.2) is 11.5 Å². The molecule has 4 rings (SSSR count). The van der Waals surface area contributed by atoms with E-state index in [1.54, 1.807) is 18.6 Å². The quantitative estimate of drug-likeness (QED) is 0.629. The summed E-state index contributed by atoms with van der Waals surface area (Å²) in [6, 6.07) is 1.89. The van der Waals surface area contributed by atoms with Gasteiger partial charge in [0.2, 0.25) is 0 Å². The van der Waals surface area contributed by atoms with Crippen molar-refractivity contribution in [1.82, 2.24) is 24.9 Å². The second-order valence-corrected chi connectivity index (χ2v) is 6.32. The monoisotopic (exact) mass is 372 g/mol. The van der Waals surface area contributed by atoms with E-state index in [4.69, 9.17) is 17.3 Å². The maximum atomic E-state index is 12.9. The smallest absolute Gasteiger partial charge is 0.263 e. The summed E-state index contributed by atoms with van der Waals surface area (Å²) < 4.78 is 1.40. The van der Waals surface area contributed by atoms with E-state index in [2.05, 4.69) is 30.6 Å². The minimum atomic E-state index is -0.392. The van der Waals surface area contributed by atoms with E-state index in [0.717, 1.165) is 31.9 Å². The lowest BCUT2D eigenvalue weighted by atomic mass is 10.2. The average molecular weight is 373 g/mol. The minimum Gasteiger partial charge on any atom is -0.381 e. The highest BCUT2D eigenvalue weighted by molar-refractivity contribution is 6.30. The van der Waals surface area contributed by atoms with Crippen molar-refractivity contribution in [2.75, 3.05) is 42.1 Å². The molecule has 1 amide bonds.